The number of allylic oxidation sites excluding steroid dienone is 4. The molecule has 0 saturated carbocycles. The third-order valence-corrected chi connectivity index (χ3v) is 9.88. The molecule has 0 unspecified atom stereocenters. The van der Waals surface area contributed by atoms with Crippen molar-refractivity contribution in [1.82, 2.24) is 0 Å². The van der Waals surface area contributed by atoms with Gasteiger partial charge in [0.2, 0.25) is 0 Å². The molecule has 1 aromatic rings. The van der Waals surface area contributed by atoms with Crippen LogP contribution < -0.4 is 51.4 Å². The van der Waals surface area contributed by atoms with Gasteiger partial charge in [0.05, 0.1) is 29.2 Å². The maximum atomic E-state index is 13.0. The molecule has 0 radical (unpaired) electrons. The van der Waals surface area contributed by atoms with Crippen molar-refractivity contribution in [2.24, 2.45) is 0 Å². The Bertz CT molecular complexity index is 1180. The van der Waals surface area contributed by atoms with E-state index in [1.807, 2.05) is 0 Å². The van der Waals surface area contributed by atoms with Gasteiger partial charge in [0.15, 0.2) is 0 Å². The molecule has 0 aromatic heterocycles. The molecule has 0 bridgehead atoms. The predicted octanol–water partition coefficient (Wildman–Crippen LogP) is 9.20. The summed E-state index contributed by atoms with van der Waals surface area (Å²) in [6.07, 6.45) is 39.0. The molecule has 7 nitrogen and oxygen atoms in total. The van der Waals surface area contributed by atoms with E-state index in [9.17, 15) is 22.6 Å². The smallest absolute Gasteiger partial charge is 0.744 e. The van der Waals surface area contributed by atoms with E-state index in [-0.39, 0.29) is 70.2 Å². The first kappa shape index (κ1) is 50.2. The third kappa shape index (κ3) is 27.4. The summed E-state index contributed by atoms with van der Waals surface area (Å²) in [5, 5.41) is 0. The summed E-state index contributed by atoms with van der Waals surface area (Å²) in [5.74, 6) is -1.84. The zero-order valence-electron chi connectivity index (χ0n) is 32.6. The summed E-state index contributed by atoms with van der Waals surface area (Å²) in [6.45, 7) is 4.70. The van der Waals surface area contributed by atoms with Crippen LogP contribution in [0.4, 0.5) is 0 Å². The van der Waals surface area contributed by atoms with Crippen LogP contribution in [-0.2, 0) is 19.6 Å². The summed E-state index contributed by atoms with van der Waals surface area (Å²) < 4.78 is 46.5. The first-order valence-corrected chi connectivity index (χ1v) is 21.5. The van der Waals surface area contributed by atoms with E-state index >= 15 is 0 Å². The largest absolute Gasteiger partial charge is 1.00 e. The summed E-state index contributed by atoms with van der Waals surface area (Å²) in [5.41, 5.74) is -0.803. The molecule has 0 aliphatic rings. The molecule has 9 heteroatoms. The third-order valence-electron chi connectivity index (χ3n) is 9.00. The number of carbonyl (C=O) groups is 2. The Morgan fingerprint density at radius 2 is 0.902 bits per heavy atom. The SMILES string of the molecule is CCCCCCCCC/C=C/CCCCCCOC(=O)c1cccc(S(=O)(=O)[O-])c1C(=O)OCCCCCC/C=C/CCCCCCCCC.[K+]. The number of carbonyl (C=O) groups excluding carboxylic acids is 2. The number of benzene rings is 1. The molecule has 51 heavy (non-hydrogen) atoms. The second-order valence-electron chi connectivity index (χ2n) is 13.6. The predicted molar refractivity (Wildman–Crippen MR) is 205 cm³/mol. The number of unbranched alkanes of at least 4 members (excludes halogenated alkanes) is 22. The maximum absolute atomic E-state index is 13.0. The molecule has 0 fully saturated rings. The van der Waals surface area contributed by atoms with Crippen LogP contribution in [0.3, 0.4) is 0 Å². The van der Waals surface area contributed by atoms with Crippen molar-refractivity contribution in [3.63, 3.8) is 0 Å². The van der Waals surface area contributed by atoms with Crippen molar-refractivity contribution >= 4 is 22.1 Å². The molecule has 0 saturated heterocycles. The fraction of sp³-hybridized carbons (Fsp3) is 0.714. The number of hydrogen-bond acceptors (Lipinski definition) is 7. The fourth-order valence-corrected chi connectivity index (χ4v) is 6.63. The molecule has 0 aliphatic carbocycles. The number of esters is 2. The second-order valence-corrected chi connectivity index (χ2v) is 14.9. The van der Waals surface area contributed by atoms with Gasteiger partial charge in [-0.05, 0) is 76.3 Å². The van der Waals surface area contributed by atoms with E-state index in [0.717, 1.165) is 70.3 Å². The Balaban J connectivity index is 0.0000250. The number of hydrogen-bond donors (Lipinski definition) is 0. The van der Waals surface area contributed by atoms with Crippen molar-refractivity contribution in [2.45, 2.75) is 186 Å². The van der Waals surface area contributed by atoms with E-state index in [1.54, 1.807) is 0 Å². The van der Waals surface area contributed by atoms with Crippen LogP contribution in [-0.4, -0.2) is 38.1 Å². The van der Waals surface area contributed by atoms with Crippen molar-refractivity contribution in [2.75, 3.05) is 13.2 Å². The summed E-state index contributed by atoms with van der Waals surface area (Å²) >= 11 is 0. The molecule has 0 aliphatic heterocycles. The van der Waals surface area contributed by atoms with Crippen LogP contribution >= 0.6 is 0 Å². The summed E-state index contributed by atoms with van der Waals surface area (Å²) in [4.78, 5) is 25.1. The van der Waals surface area contributed by atoms with Crippen molar-refractivity contribution in [1.29, 1.82) is 0 Å². The molecular formula is C42H69KO7S. The quantitative estimate of drug-likeness (QED) is 0.0231. The van der Waals surface area contributed by atoms with E-state index in [1.165, 1.54) is 102 Å². The first-order valence-electron chi connectivity index (χ1n) is 20.1. The first-order chi connectivity index (χ1) is 24.3. The zero-order chi connectivity index (χ0) is 36.5. The molecule has 0 heterocycles. The molecule has 0 N–H and O–H groups in total. The Morgan fingerprint density at radius 1 is 0.549 bits per heavy atom. The minimum Gasteiger partial charge on any atom is -0.744 e. The van der Waals surface area contributed by atoms with Crippen LogP contribution in [0.15, 0.2) is 47.4 Å². The van der Waals surface area contributed by atoms with Crippen LogP contribution in [0.25, 0.3) is 0 Å². The monoisotopic (exact) mass is 756 g/mol. The second kappa shape index (κ2) is 34.9. The van der Waals surface area contributed by atoms with Gasteiger partial charge in [0.25, 0.3) is 0 Å². The van der Waals surface area contributed by atoms with Gasteiger partial charge in [-0.1, -0.05) is 147 Å². The average Bonchev–Trinajstić information content (AvgIpc) is 3.10. The molecule has 0 atom stereocenters. The van der Waals surface area contributed by atoms with E-state index in [0.29, 0.717) is 12.8 Å². The van der Waals surface area contributed by atoms with E-state index in [2.05, 4.69) is 38.2 Å². The van der Waals surface area contributed by atoms with Crippen LogP contribution in [0.2, 0.25) is 0 Å². The standard InChI is InChI=1S/C42H70O7S.K/c1-3-5-7-9-11-13-15-17-19-21-23-25-27-29-31-36-48-41(43)38-34-33-35-39(50(45,46)47)40(38)42(44)49-37-32-30-28-26-24-22-20-18-16-14-12-10-8-6-4-2;/h19-22,33-35H,3-18,23-32,36-37H2,1-2H3,(H,45,46,47);/q;+1/p-1/b21-19+,22-20+;. The molecule has 0 spiro atoms. The molecule has 0 amide bonds. The van der Waals surface area contributed by atoms with Gasteiger partial charge in [0.1, 0.15) is 10.1 Å². The van der Waals surface area contributed by atoms with Gasteiger partial charge in [0, 0.05) is 0 Å². The van der Waals surface area contributed by atoms with Gasteiger partial charge in [-0.3, -0.25) is 0 Å². The zero-order valence-corrected chi connectivity index (χ0v) is 36.5. The topological polar surface area (TPSA) is 110 Å². The summed E-state index contributed by atoms with van der Waals surface area (Å²) in [6, 6.07) is 3.59. The maximum Gasteiger partial charge on any atom is 1.00 e. The minimum absolute atomic E-state index is 0. The van der Waals surface area contributed by atoms with Crippen LogP contribution in [0, 0.1) is 0 Å². The van der Waals surface area contributed by atoms with Gasteiger partial charge in [-0.25, -0.2) is 18.0 Å². The normalized spacial score (nSPS) is 11.7. The Hall–Kier alpha value is -0.814. The molecular weight excluding hydrogens is 688 g/mol. The van der Waals surface area contributed by atoms with Gasteiger partial charge in [-0.15, -0.1) is 0 Å². The van der Waals surface area contributed by atoms with Crippen LogP contribution in [0.5, 0.6) is 0 Å². The Labute approximate surface area is 354 Å². The van der Waals surface area contributed by atoms with E-state index < -0.39 is 32.5 Å². The Kier molecular flexibility index (Phi) is 34.4. The van der Waals surface area contributed by atoms with E-state index in [4.69, 9.17) is 9.47 Å². The Morgan fingerprint density at radius 3 is 1.29 bits per heavy atom. The average molecular weight is 757 g/mol. The number of ether oxygens (including phenoxy) is 2. The van der Waals surface area contributed by atoms with Gasteiger partial charge in [-0.2, -0.15) is 0 Å². The van der Waals surface area contributed by atoms with Crippen LogP contribution in [0.1, 0.15) is 202 Å². The number of rotatable bonds is 33. The summed E-state index contributed by atoms with van der Waals surface area (Å²) in [7, 11) is -5.02. The molecule has 1 rings (SSSR count). The minimum atomic E-state index is -5.02. The fourth-order valence-electron chi connectivity index (χ4n) is 5.95. The van der Waals surface area contributed by atoms with Gasteiger partial charge >= 0.3 is 63.3 Å². The van der Waals surface area contributed by atoms with Crippen molar-refractivity contribution in [3.05, 3.63) is 53.6 Å². The molecule has 286 valence electrons. The van der Waals surface area contributed by atoms with Crippen molar-refractivity contribution < 1.29 is 83.4 Å². The molecule has 1 aromatic carbocycles. The van der Waals surface area contributed by atoms with Gasteiger partial charge < -0.3 is 14.0 Å². The van der Waals surface area contributed by atoms with Crippen molar-refractivity contribution in [3.8, 4) is 0 Å².